The van der Waals surface area contributed by atoms with Crippen molar-refractivity contribution in [2.75, 3.05) is 6.54 Å². The van der Waals surface area contributed by atoms with Gasteiger partial charge in [0.2, 0.25) is 10.0 Å². The second-order valence-corrected chi connectivity index (χ2v) is 7.02. The van der Waals surface area contributed by atoms with Gasteiger partial charge < -0.3 is 0 Å². The van der Waals surface area contributed by atoms with Crippen molar-refractivity contribution < 1.29 is 13.2 Å². The third-order valence-corrected chi connectivity index (χ3v) is 5.83. The zero-order valence-electron chi connectivity index (χ0n) is 12.0. The molecule has 0 N–H and O–H groups in total. The molecule has 110 valence electrons. The van der Waals surface area contributed by atoms with E-state index in [0.717, 1.165) is 19.3 Å². The molecule has 1 unspecified atom stereocenters. The van der Waals surface area contributed by atoms with Gasteiger partial charge in [-0.2, -0.15) is 4.31 Å². The van der Waals surface area contributed by atoms with Crippen molar-refractivity contribution in [1.29, 1.82) is 0 Å². The lowest BCUT2D eigenvalue weighted by Crippen LogP contribution is -2.35. The number of hydrogen-bond donors (Lipinski definition) is 0. The highest BCUT2D eigenvalue weighted by Gasteiger charge is 2.34. The van der Waals surface area contributed by atoms with Crippen molar-refractivity contribution in [3.63, 3.8) is 0 Å². The predicted molar refractivity (Wildman–Crippen MR) is 78.3 cm³/mol. The number of Topliss-reactive ketones (excluding diaryl/α,β-unsaturated/α-hetero) is 1. The lowest BCUT2D eigenvalue weighted by molar-refractivity contribution is 0.0988. The maximum Gasteiger partial charge on any atom is 0.243 e. The molecule has 1 aliphatic heterocycles. The number of sulfonamides is 1. The number of nitrogens with zero attached hydrogens (tertiary/aromatic N) is 1. The van der Waals surface area contributed by atoms with Gasteiger partial charge in [-0.3, -0.25) is 4.79 Å². The normalized spacial score (nSPS) is 20.2. The minimum Gasteiger partial charge on any atom is -0.294 e. The summed E-state index contributed by atoms with van der Waals surface area (Å²) >= 11 is 0. The van der Waals surface area contributed by atoms with Gasteiger partial charge in [0.05, 0.1) is 4.90 Å². The van der Waals surface area contributed by atoms with E-state index in [-0.39, 0.29) is 16.7 Å². The van der Waals surface area contributed by atoms with Gasteiger partial charge in [0.25, 0.3) is 0 Å². The fraction of sp³-hybridized carbons (Fsp3) is 0.533. The topological polar surface area (TPSA) is 54.5 Å². The summed E-state index contributed by atoms with van der Waals surface area (Å²) in [5, 5.41) is 0. The monoisotopic (exact) mass is 295 g/mol. The Morgan fingerprint density at radius 1 is 1.35 bits per heavy atom. The maximum atomic E-state index is 12.7. The van der Waals surface area contributed by atoms with Gasteiger partial charge in [0.1, 0.15) is 0 Å². The van der Waals surface area contributed by atoms with E-state index in [1.54, 1.807) is 29.4 Å². The summed E-state index contributed by atoms with van der Waals surface area (Å²) in [6.07, 6.45) is 3.03. The Hall–Kier alpha value is -1.20. The maximum absolute atomic E-state index is 12.7. The first kappa shape index (κ1) is 15.2. The molecule has 0 radical (unpaired) electrons. The number of rotatable bonds is 5. The van der Waals surface area contributed by atoms with Crippen molar-refractivity contribution in [2.24, 2.45) is 0 Å². The first-order valence-electron chi connectivity index (χ1n) is 7.15. The lowest BCUT2D eigenvalue weighted by atomic mass is 10.1. The van der Waals surface area contributed by atoms with Crippen LogP contribution in [0.25, 0.3) is 0 Å². The average molecular weight is 295 g/mol. The second-order valence-electron chi connectivity index (χ2n) is 5.12. The summed E-state index contributed by atoms with van der Waals surface area (Å²) in [6.45, 7) is 4.36. The fourth-order valence-corrected chi connectivity index (χ4v) is 4.52. The SMILES string of the molecule is CCC(=O)c1cccc(S(=O)(=O)N2CCCC2CC)c1. The van der Waals surface area contributed by atoms with Crippen molar-refractivity contribution in [2.45, 2.75) is 50.5 Å². The predicted octanol–water partition coefficient (Wildman–Crippen LogP) is 2.84. The third kappa shape index (κ3) is 2.79. The largest absolute Gasteiger partial charge is 0.294 e. The molecule has 1 atom stereocenters. The molecule has 1 aromatic carbocycles. The summed E-state index contributed by atoms with van der Waals surface area (Å²) in [5.74, 6) is -0.0319. The average Bonchev–Trinajstić information content (AvgIpc) is 2.95. The molecule has 5 heteroatoms. The molecule has 1 aliphatic rings. The molecule has 1 fully saturated rings. The van der Waals surface area contributed by atoms with Gasteiger partial charge in [-0.1, -0.05) is 26.0 Å². The Balaban J connectivity index is 2.37. The van der Waals surface area contributed by atoms with Gasteiger partial charge in [-0.25, -0.2) is 8.42 Å². The molecule has 2 rings (SSSR count). The minimum absolute atomic E-state index is 0.0319. The molecule has 1 saturated heterocycles. The molecule has 1 aromatic rings. The Bertz CT molecular complexity index is 595. The number of hydrogen-bond acceptors (Lipinski definition) is 3. The van der Waals surface area contributed by atoms with Crippen LogP contribution in [0.5, 0.6) is 0 Å². The van der Waals surface area contributed by atoms with Crippen LogP contribution in [0.3, 0.4) is 0 Å². The van der Waals surface area contributed by atoms with Crippen LogP contribution < -0.4 is 0 Å². The number of carbonyl (C=O) groups is 1. The molecular formula is C15H21NO3S. The first-order valence-corrected chi connectivity index (χ1v) is 8.59. The molecule has 1 heterocycles. The van der Waals surface area contributed by atoms with Crippen LogP contribution in [0.1, 0.15) is 49.9 Å². The van der Waals surface area contributed by atoms with Crippen molar-refractivity contribution in [3.05, 3.63) is 29.8 Å². The quantitative estimate of drug-likeness (QED) is 0.785. The summed E-state index contributed by atoms with van der Waals surface area (Å²) in [7, 11) is -3.48. The summed E-state index contributed by atoms with van der Waals surface area (Å²) in [4.78, 5) is 12.0. The molecule has 20 heavy (non-hydrogen) atoms. The molecule has 0 aromatic heterocycles. The Kier molecular flexibility index (Phi) is 4.60. The fourth-order valence-electron chi connectivity index (χ4n) is 2.70. The minimum atomic E-state index is -3.48. The van der Waals surface area contributed by atoms with Crippen LogP contribution in [0, 0.1) is 0 Å². The number of carbonyl (C=O) groups excluding carboxylic acids is 1. The summed E-state index contributed by atoms with van der Waals surface area (Å²) in [6, 6.07) is 6.49. The van der Waals surface area contributed by atoms with Gasteiger partial charge in [0, 0.05) is 24.6 Å². The zero-order chi connectivity index (χ0) is 14.8. The first-order chi connectivity index (χ1) is 9.50. The highest BCUT2D eigenvalue weighted by Crippen LogP contribution is 2.28. The molecule has 0 spiro atoms. The van der Waals surface area contributed by atoms with E-state index < -0.39 is 10.0 Å². The van der Waals surface area contributed by atoms with E-state index in [9.17, 15) is 13.2 Å². The molecule has 4 nitrogen and oxygen atoms in total. The van der Waals surface area contributed by atoms with Crippen LogP contribution in [-0.4, -0.2) is 31.1 Å². The number of ketones is 1. The molecular weight excluding hydrogens is 274 g/mol. The standard InChI is InChI=1S/C15H21NO3S/c1-3-13-8-6-10-16(13)20(18,19)14-9-5-7-12(11-14)15(17)4-2/h5,7,9,11,13H,3-4,6,8,10H2,1-2H3. The second kappa shape index (κ2) is 6.06. The van der Waals surface area contributed by atoms with E-state index in [1.165, 1.54) is 6.07 Å². The third-order valence-electron chi connectivity index (χ3n) is 3.88. The van der Waals surface area contributed by atoms with Crippen LogP contribution in [0.15, 0.2) is 29.2 Å². The van der Waals surface area contributed by atoms with E-state index >= 15 is 0 Å². The van der Waals surface area contributed by atoms with Gasteiger partial charge in [-0.15, -0.1) is 0 Å². The molecule has 0 bridgehead atoms. The van der Waals surface area contributed by atoms with Crippen LogP contribution >= 0.6 is 0 Å². The van der Waals surface area contributed by atoms with Crippen molar-refractivity contribution >= 4 is 15.8 Å². The lowest BCUT2D eigenvalue weighted by Gasteiger charge is -2.23. The van der Waals surface area contributed by atoms with Crippen molar-refractivity contribution in [1.82, 2.24) is 4.31 Å². The van der Waals surface area contributed by atoms with E-state index in [1.807, 2.05) is 6.92 Å². The smallest absolute Gasteiger partial charge is 0.243 e. The van der Waals surface area contributed by atoms with Crippen molar-refractivity contribution in [3.8, 4) is 0 Å². The van der Waals surface area contributed by atoms with Gasteiger partial charge in [0.15, 0.2) is 5.78 Å². The highest BCUT2D eigenvalue weighted by molar-refractivity contribution is 7.89. The zero-order valence-corrected chi connectivity index (χ0v) is 12.8. The number of benzene rings is 1. The summed E-state index contributed by atoms with van der Waals surface area (Å²) < 4.78 is 26.9. The molecule has 0 saturated carbocycles. The van der Waals surface area contributed by atoms with E-state index in [0.29, 0.717) is 18.5 Å². The molecule has 0 amide bonds. The Morgan fingerprint density at radius 2 is 2.10 bits per heavy atom. The van der Waals surface area contributed by atoms with E-state index in [4.69, 9.17) is 0 Å². The highest BCUT2D eigenvalue weighted by atomic mass is 32.2. The Labute approximate surface area is 120 Å². The van der Waals surface area contributed by atoms with Crippen LogP contribution in [0.4, 0.5) is 0 Å². The van der Waals surface area contributed by atoms with Crippen LogP contribution in [-0.2, 0) is 10.0 Å². The van der Waals surface area contributed by atoms with Crippen LogP contribution in [0.2, 0.25) is 0 Å². The molecule has 0 aliphatic carbocycles. The Morgan fingerprint density at radius 3 is 2.75 bits per heavy atom. The van der Waals surface area contributed by atoms with E-state index in [2.05, 4.69) is 0 Å². The van der Waals surface area contributed by atoms with Gasteiger partial charge >= 0.3 is 0 Å². The van der Waals surface area contributed by atoms with Gasteiger partial charge in [-0.05, 0) is 31.4 Å². The summed E-state index contributed by atoms with van der Waals surface area (Å²) in [5.41, 5.74) is 0.473.